The Bertz CT molecular complexity index is 1330. The van der Waals surface area contributed by atoms with Crippen LogP contribution in [0.15, 0.2) is 72.3 Å². The van der Waals surface area contributed by atoms with Crippen LogP contribution in [0.4, 0.5) is 4.39 Å². The van der Waals surface area contributed by atoms with Crippen LogP contribution in [-0.4, -0.2) is 27.8 Å². The first kappa shape index (κ1) is 21.9. The van der Waals surface area contributed by atoms with Crippen LogP contribution in [0.3, 0.4) is 0 Å². The molecule has 2 aliphatic heterocycles. The van der Waals surface area contributed by atoms with Gasteiger partial charge in [-0.2, -0.15) is 0 Å². The van der Waals surface area contributed by atoms with Gasteiger partial charge in [-0.05, 0) is 60.9 Å². The molecule has 0 radical (unpaired) electrons. The smallest absolute Gasteiger partial charge is 0.295 e. The number of Topliss-reactive ketones (excluding diaryl/α,β-unsaturated/α-hetero) is 1. The quantitative estimate of drug-likeness (QED) is 0.337. The molecule has 0 spiro atoms. The van der Waals surface area contributed by atoms with E-state index in [9.17, 15) is 19.1 Å². The Morgan fingerprint density at radius 3 is 2.59 bits per heavy atom. The number of aliphatic hydroxyl groups excluding tert-OH is 1. The van der Waals surface area contributed by atoms with Crippen molar-refractivity contribution < 1.29 is 23.8 Å². The molecule has 0 saturated carbocycles. The summed E-state index contributed by atoms with van der Waals surface area (Å²) in [7, 11) is 0. The Balaban J connectivity index is 1.62. The number of hydrogen-bond acceptors (Lipinski definition) is 4. The summed E-state index contributed by atoms with van der Waals surface area (Å²) in [5, 5.41) is 11.3. The molecule has 34 heavy (non-hydrogen) atoms. The number of carbonyl (C=O) groups is 2. The first-order chi connectivity index (χ1) is 16.3. The Hall–Kier alpha value is -3.93. The van der Waals surface area contributed by atoms with E-state index < -0.39 is 17.7 Å². The highest BCUT2D eigenvalue weighted by Crippen LogP contribution is 2.41. The van der Waals surface area contributed by atoms with Crippen molar-refractivity contribution in [1.29, 1.82) is 0 Å². The summed E-state index contributed by atoms with van der Waals surface area (Å²) in [6, 6.07) is 17.9. The maximum atomic E-state index is 13.4. The summed E-state index contributed by atoms with van der Waals surface area (Å²) in [6.45, 7) is 4.01. The topological polar surface area (TPSA) is 66.8 Å². The lowest BCUT2D eigenvalue weighted by atomic mass is 9.93. The second-order valence-corrected chi connectivity index (χ2v) is 8.92. The van der Waals surface area contributed by atoms with Gasteiger partial charge < -0.3 is 14.7 Å². The van der Waals surface area contributed by atoms with Gasteiger partial charge in [-0.25, -0.2) is 4.39 Å². The minimum atomic E-state index is -0.770. The molecule has 6 heteroatoms. The molecule has 2 unspecified atom stereocenters. The van der Waals surface area contributed by atoms with Gasteiger partial charge in [0.2, 0.25) is 0 Å². The molecule has 2 heterocycles. The number of amides is 1. The maximum absolute atomic E-state index is 13.4. The molecule has 0 bridgehead atoms. The number of benzene rings is 3. The lowest BCUT2D eigenvalue weighted by Gasteiger charge is -2.25. The molecule has 5 rings (SSSR count). The number of aryl methyl sites for hydroxylation is 1. The van der Waals surface area contributed by atoms with Gasteiger partial charge in [0.15, 0.2) is 0 Å². The van der Waals surface area contributed by atoms with Crippen LogP contribution in [0.2, 0.25) is 0 Å². The normalized spacial score (nSPS) is 21.0. The van der Waals surface area contributed by atoms with Crippen molar-refractivity contribution in [2.45, 2.75) is 39.0 Å². The number of carbonyl (C=O) groups excluding carboxylic acids is 2. The first-order valence-corrected chi connectivity index (χ1v) is 11.2. The first-order valence-electron chi connectivity index (χ1n) is 11.2. The third-order valence-electron chi connectivity index (χ3n) is 6.33. The van der Waals surface area contributed by atoms with Gasteiger partial charge in [-0.15, -0.1) is 0 Å². The van der Waals surface area contributed by atoms with Crippen LogP contribution in [-0.2, 0) is 22.6 Å². The minimum absolute atomic E-state index is 0.0426. The number of ether oxygens (including phenoxy) is 1. The van der Waals surface area contributed by atoms with E-state index in [1.807, 2.05) is 44.2 Å². The van der Waals surface area contributed by atoms with Crippen LogP contribution < -0.4 is 4.74 Å². The van der Waals surface area contributed by atoms with E-state index in [0.717, 1.165) is 22.4 Å². The van der Waals surface area contributed by atoms with E-state index in [0.29, 0.717) is 17.5 Å². The standard InChI is InChI=1S/C28H24FNO4/c1-16-4-3-5-19(12-16)25-24(26(31)20-8-11-23-21(14-20)13-17(2)34-23)27(32)28(33)30(25)15-18-6-9-22(29)10-7-18/h3-12,14,17,25,31H,13,15H2,1-2H3/b26-24-. The van der Waals surface area contributed by atoms with Gasteiger partial charge in [0.05, 0.1) is 11.6 Å². The molecule has 2 atom stereocenters. The van der Waals surface area contributed by atoms with Gasteiger partial charge in [0.1, 0.15) is 23.4 Å². The van der Waals surface area contributed by atoms with Crippen molar-refractivity contribution in [3.63, 3.8) is 0 Å². The van der Waals surface area contributed by atoms with Gasteiger partial charge in [0, 0.05) is 18.5 Å². The third-order valence-corrected chi connectivity index (χ3v) is 6.33. The number of halogens is 1. The van der Waals surface area contributed by atoms with Crippen molar-refractivity contribution in [1.82, 2.24) is 4.90 Å². The molecule has 5 nitrogen and oxygen atoms in total. The molecule has 2 aliphatic rings. The maximum Gasteiger partial charge on any atom is 0.295 e. The fraction of sp³-hybridized carbons (Fsp3) is 0.214. The molecule has 3 aromatic rings. The van der Waals surface area contributed by atoms with Gasteiger partial charge >= 0.3 is 0 Å². The summed E-state index contributed by atoms with van der Waals surface area (Å²) in [5.41, 5.74) is 3.84. The van der Waals surface area contributed by atoms with E-state index >= 15 is 0 Å². The summed E-state index contributed by atoms with van der Waals surface area (Å²) in [4.78, 5) is 27.8. The van der Waals surface area contributed by atoms with Crippen molar-refractivity contribution in [3.8, 4) is 5.75 Å². The van der Waals surface area contributed by atoms with E-state index in [-0.39, 0.29) is 29.8 Å². The van der Waals surface area contributed by atoms with E-state index in [4.69, 9.17) is 4.74 Å². The van der Waals surface area contributed by atoms with Crippen LogP contribution in [0, 0.1) is 12.7 Å². The van der Waals surface area contributed by atoms with Gasteiger partial charge in [0.25, 0.3) is 11.7 Å². The highest BCUT2D eigenvalue weighted by molar-refractivity contribution is 6.46. The van der Waals surface area contributed by atoms with Crippen LogP contribution in [0.1, 0.15) is 40.8 Å². The number of nitrogens with zero attached hydrogens (tertiary/aromatic N) is 1. The molecule has 3 aromatic carbocycles. The summed E-state index contributed by atoms with van der Waals surface area (Å²) in [6.07, 6.45) is 0.748. The Morgan fingerprint density at radius 2 is 1.85 bits per heavy atom. The van der Waals surface area contributed by atoms with Crippen LogP contribution in [0.5, 0.6) is 5.75 Å². The van der Waals surface area contributed by atoms with Crippen LogP contribution >= 0.6 is 0 Å². The lowest BCUT2D eigenvalue weighted by Crippen LogP contribution is -2.29. The average molecular weight is 458 g/mol. The number of ketones is 1. The van der Waals surface area contributed by atoms with Gasteiger partial charge in [-0.3, -0.25) is 9.59 Å². The lowest BCUT2D eigenvalue weighted by molar-refractivity contribution is -0.140. The second kappa shape index (κ2) is 8.45. The van der Waals surface area contributed by atoms with E-state index in [1.54, 1.807) is 24.3 Å². The Morgan fingerprint density at radius 1 is 1.09 bits per heavy atom. The zero-order valence-corrected chi connectivity index (χ0v) is 18.9. The van der Waals surface area contributed by atoms with Crippen molar-refractivity contribution in [2.24, 2.45) is 0 Å². The van der Waals surface area contributed by atoms with Crippen molar-refractivity contribution in [2.75, 3.05) is 0 Å². The monoisotopic (exact) mass is 457 g/mol. The molecule has 0 aliphatic carbocycles. The summed E-state index contributed by atoms with van der Waals surface area (Å²) >= 11 is 0. The second-order valence-electron chi connectivity index (χ2n) is 8.92. The number of fused-ring (bicyclic) bond motifs is 1. The largest absolute Gasteiger partial charge is 0.507 e. The van der Waals surface area contributed by atoms with Gasteiger partial charge in [-0.1, -0.05) is 42.0 Å². The minimum Gasteiger partial charge on any atom is -0.507 e. The average Bonchev–Trinajstić information content (AvgIpc) is 3.31. The Kier molecular flexibility index (Phi) is 5.44. The molecule has 0 aromatic heterocycles. The number of hydrogen-bond donors (Lipinski definition) is 1. The predicted octanol–water partition coefficient (Wildman–Crippen LogP) is 5.08. The molecule has 172 valence electrons. The fourth-order valence-corrected chi connectivity index (χ4v) is 4.74. The van der Waals surface area contributed by atoms with Crippen LogP contribution in [0.25, 0.3) is 5.76 Å². The molecule has 1 N–H and O–H groups in total. The zero-order chi connectivity index (χ0) is 24.0. The molecule has 1 fully saturated rings. The zero-order valence-electron chi connectivity index (χ0n) is 18.9. The summed E-state index contributed by atoms with van der Waals surface area (Å²) < 4.78 is 19.2. The molecular weight excluding hydrogens is 433 g/mol. The highest BCUT2D eigenvalue weighted by Gasteiger charge is 2.46. The van der Waals surface area contributed by atoms with E-state index in [2.05, 4.69) is 0 Å². The van der Waals surface area contributed by atoms with Crippen molar-refractivity contribution in [3.05, 3.63) is 106 Å². The molecule has 1 amide bonds. The highest BCUT2D eigenvalue weighted by atomic mass is 19.1. The third kappa shape index (κ3) is 3.85. The fourth-order valence-electron chi connectivity index (χ4n) is 4.74. The number of likely N-dealkylation sites (tertiary alicyclic amines) is 1. The molecular formula is C28H24FNO4. The predicted molar refractivity (Wildman–Crippen MR) is 126 cm³/mol. The Labute approximate surface area is 197 Å². The van der Waals surface area contributed by atoms with Crippen molar-refractivity contribution >= 4 is 17.4 Å². The van der Waals surface area contributed by atoms with E-state index in [1.165, 1.54) is 17.0 Å². The summed E-state index contributed by atoms with van der Waals surface area (Å²) in [5.74, 6) is -1.27. The number of rotatable bonds is 4. The SMILES string of the molecule is Cc1cccc(C2/C(=C(/O)c3ccc4c(c3)CC(C)O4)C(=O)C(=O)N2Cc2ccc(F)cc2)c1. The number of aliphatic hydroxyl groups is 1. The molecule has 1 saturated heterocycles.